The third-order valence-corrected chi connectivity index (χ3v) is 2.51. The number of pyridine rings is 1. The van der Waals surface area contributed by atoms with Crippen LogP contribution in [0.1, 0.15) is 5.56 Å². The van der Waals surface area contributed by atoms with Crippen LogP contribution in [0.25, 0.3) is 11.3 Å². The van der Waals surface area contributed by atoms with Gasteiger partial charge in [-0.15, -0.1) is 0 Å². The Hall–Kier alpha value is -2.31. The third-order valence-electron chi connectivity index (χ3n) is 2.51. The van der Waals surface area contributed by atoms with E-state index in [2.05, 4.69) is 16.2 Å². The van der Waals surface area contributed by atoms with Gasteiger partial charge in [0, 0.05) is 18.6 Å². The summed E-state index contributed by atoms with van der Waals surface area (Å²) in [6.45, 7) is 0. The van der Waals surface area contributed by atoms with Gasteiger partial charge in [0.1, 0.15) is 0 Å². The Bertz CT molecular complexity index is 682. The largest absolute Gasteiger partial charge is 0.417 e. The van der Waals surface area contributed by atoms with Crippen molar-refractivity contribution < 1.29 is 13.2 Å². The zero-order chi connectivity index (χ0) is 12.8. The van der Waals surface area contributed by atoms with Gasteiger partial charge in [-0.1, -0.05) is 0 Å². The molecule has 0 saturated carbocycles. The molecule has 91 valence electrons. The van der Waals surface area contributed by atoms with Crippen molar-refractivity contribution in [1.29, 1.82) is 0 Å². The number of nitrogens with zero attached hydrogens (tertiary/aromatic N) is 4. The van der Waals surface area contributed by atoms with Crippen LogP contribution in [0.2, 0.25) is 0 Å². The molecule has 0 spiro atoms. The van der Waals surface area contributed by atoms with Crippen molar-refractivity contribution in [3.05, 3.63) is 48.9 Å². The smallest absolute Gasteiger partial charge is 0.303 e. The van der Waals surface area contributed by atoms with Gasteiger partial charge in [0.05, 0.1) is 30.0 Å². The highest BCUT2D eigenvalue weighted by molar-refractivity contribution is 5.60. The Morgan fingerprint density at radius 2 is 2.11 bits per heavy atom. The van der Waals surface area contributed by atoms with Crippen LogP contribution in [-0.2, 0) is 6.18 Å². The highest BCUT2D eigenvalue weighted by atomic mass is 19.4. The molecule has 0 amide bonds. The van der Waals surface area contributed by atoms with Crippen molar-refractivity contribution in [3.63, 3.8) is 0 Å². The number of alkyl halides is 3. The summed E-state index contributed by atoms with van der Waals surface area (Å²) in [4.78, 5) is 7.81. The Morgan fingerprint density at radius 1 is 1.28 bits per heavy atom. The molecule has 0 fully saturated rings. The number of fused-ring (bicyclic) bond motifs is 1. The van der Waals surface area contributed by atoms with E-state index in [9.17, 15) is 13.2 Å². The van der Waals surface area contributed by atoms with Crippen molar-refractivity contribution >= 4 is 5.65 Å². The van der Waals surface area contributed by atoms with Gasteiger partial charge in [-0.25, -0.2) is 9.97 Å². The maximum Gasteiger partial charge on any atom is 0.417 e. The van der Waals surface area contributed by atoms with Gasteiger partial charge >= 0.3 is 6.18 Å². The molecular formula is C11H6F3N4. The van der Waals surface area contributed by atoms with Gasteiger partial charge in [-0.2, -0.15) is 13.2 Å². The average Bonchev–Trinajstić information content (AvgIpc) is 2.97. The summed E-state index contributed by atoms with van der Waals surface area (Å²) in [5.41, 5.74) is -0.0578. The molecule has 1 radical (unpaired) electrons. The summed E-state index contributed by atoms with van der Waals surface area (Å²) in [5, 5.41) is 0. The minimum absolute atomic E-state index is 0.309. The summed E-state index contributed by atoms with van der Waals surface area (Å²) < 4.78 is 41.0. The van der Waals surface area contributed by atoms with Crippen LogP contribution in [-0.4, -0.2) is 18.9 Å². The van der Waals surface area contributed by atoms with E-state index in [-0.39, 0.29) is 0 Å². The molecule has 0 bridgehead atoms. The summed E-state index contributed by atoms with van der Waals surface area (Å²) in [7, 11) is 0. The summed E-state index contributed by atoms with van der Waals surface area (Å²) in [6.07, 6.45) is 4.95. The predicted octanol–water partition coefficient (Wildman–Crippen LogP) is 2.34. The zero-order valence-corrected chi connectivity index (χ0v) is 8.89. The number of hydrogen-bond acceptors (Lipinski definition) is 2. The van der Waals surface area contributed by atoms with Gasteiger partial charge in [-0.3, -0.25) is 4.40 Å². The minimum Gasteiger partial charge on any atom is -0.303 e. The zero-order valence-electron chi connectivity index (χ0n) is 8.89. The van der Waals surface area contributed by atoms with Crippen molar-refractivity contribution in [2.75, 3.05) is 0 Å². The number of imidazole rings is 2. The maximum atomic E-state index is 12.8. The predicted molar refractivity (Wildman–Crippen MR) is 56.2 cm³/mol. The Kier molecular flexibility index (Phi) is 2.16. The quantitative estimate of drug-likeness (QED) is 0.665. The molecule has 3 aromatic rings. The molecule has 0 atom stereocenters. The first kappa shape index (κ1) is 10.8. The van der Waals surface area contributed by atoms with E-state index in [0.29, 0.717) is 11.3 Å². The lowest BCUT2D eigenvalue weighted by atomic mass is 10.2. The van der Waals surface area contributed by atoms with E-state index in [4.69, 9.17) is 0 Å². The molecule has 0 unspecified atom stereocenters. The lowest BCUT2D eigenvalue weighted by molar-refractivity contribution is -0.137. The molecule has 0 aliphatic carbocycles. The minimum atomic E-state index is -4.42. The molecule has 3 rings (SSSR count). The van der Waals surface area contributed by atoms with Gasteiger partial charge < -0.3 is 4.57 Å². The average molecular weight is 251 g/mol. The van der Waals surface area contributed by atoms with E-state index < -0.39 is 11.7 Å². The van der Waals surface area contributed by atoms with Crippen LogP contribution < -0.4 is 0 Å². The monoisotopic (exact) mass is 251 g/mol. The first-order valence-corrected chi connectivity index (χ1v) is 5.00. The normalized spacial score (nSPS) is 12.2. The molecule has 4 nitrogen and oxygen atoms in total. The van der Waals surface area contributed by atoms with Crippen molar-refractivity contribution in [2.45, 2.75) is 6.18 Å². The van der Waals surface area contributed by atoms with E-state index in [1.165, 1.54) is 27.7 Å². The molecule has 0 N–H and O–H groups in total. The Morgan fingerprint density at radius 3 is 2.78 bits per heavy atom. The number of aromatic nitrogens is 4. The molecular weight excluding hydrogens is 245 g/mol. The number of rotatable bonds is 1. The molecule has 18 heavy (non-hydrogen) atoms. The van der Waals surface area contributed by atoms with E-state index in [1.807, 2.05) is 0 Å². The first-order valence-electron chi connectivity index (χ1n) is 5.00. The number of halogens is 3. The lowest BCUT2D eigenvalue weighted by Gasteiger charge is -2.11. The number of hydrogen-bond donors (Lipinski definition) is 0. The second-order valence-electron chi connectivity index (χ2n) is 3.66. The second kappa shape index (κ2) is 3.59. The summed E-state index contributed by atoms with van der Waals surface area (Å²) in [5.74, 6) is 0. The summed E-state index contributed by atoms with van der Waals surface area (Å²) in [6, 6.07) is 1.04. The maximum absolute atomic E-state index is 12.8. The fraction of sp³-hybridized carbons (Fsp3) is 0.0909. The molecule has 0 aliphatic heterocycles. The fourth-order valence-corrected chi connectivity index (χ4v) is 1.70. The fourth-order valence-electron chi connectivity index (χ4n) is 1.70. The molecule has 3 heterocycles. The van der Waals surface area contributed by atoms with Crippen molar-refractivity contribution in [3.8, 4) is 5.69 Å². The van der Waals surface area contributed by atoms with Crippen molar-refractivity contribution in [1.82, 2.24) is 18.9 Å². The molecule has 0 saturated heterocycles. The van der Waals surface area contributed by atoms with Crippen LogP contribution >= 0.6 is 0 Å². The van der Waals surface area contributed by atoms with Crippen LogP contribution in [0.15, 0.2) is 37.2 Å². The SMILES string of the molecule is FC(F)(F)c1cc(-n2ccnc2)c2nc[c]n2c1. The van der Waals surface area contributed by atoms with Gasteiger partial charge in [-0.05, 0) is 6.07 Å². The Labute approximate surface area is 99.3 Å². The van der Waals surface area contributed by atoms with E-state index >= 15 is 0 Å². The molecule has 0 aromatic carbocycles. The van der Waals surface area contributed by atoms with Gasteiger partial charge in [0.25, 0.3) is 0 Å². The van der Waals surface area contributed by atoms with Crippen LogP contribution in [0.4, 0.5) is 13.2 Å². The molecule has 7 heteroatoms. The van der Waals surface area contributed by atoms with Crippen LogP contribution in [0.3, 0.4) is 0 Å². The van der Waals surface area contributed by atoms with E-state index in [0.717, 1.165) is 12.3 Å². The highest BCUT2D eigenvalue weighted by Gasteiger charge is 2.32. The summed E-state index contributed by atoms with van der Waals surface area (Å²) >= 11 is 0. The highest BCUT2D eigenvalue weighted by Crippen LogP contribution is 2.31. The lowest BCUT2D eigenvalue weighted by Crippen LogP contribution is -2.08. The molecule has 3 aromatic heterocycles. The molecule has 0 aliphatic rings. The van der Waals surface area contributed by atoms with Crippen LogP contribution in [0.5, 0.6) is 0 Å². The second-order valence-corrected chi connectivity index (χ2v) is 3.66. The topological polar surface area (TPSA) is 35.1 Å². The van der Waals surface area contributed by atoms with Crippen molar-refractivity contribution in [2.24, 2.45) is 0 Å². The first-order chi connectivity index (χ1) is 8.55. The van der Waals surface area contributed by atoms with Crippen LogP contribution in [0, 0.1) is 6.20 Å². The Balaban J connectivity index is 2.32. The van der Waals surface area contributed by atoms with Gasteiger partial charge in [0.2, 0.25) is 0 Å². The van der Waals surface area contributed by atoms with E-state index in [1.54, 1.807) is 6.20 Å². The van der Waals surface area contributed by atoms with Gasteiger partial charge in [0.15, 0.2) is 5.65 Å². The standard InChI is InChI=1S/C11H6F3N4/c12-11(13,14)8-5-9(18-3-1-15-7-18)10-16-2-4-17(10)6-8/h1-3,5-7H. The third kappa shape index (κ3) is 1.64.